The Hall–Kier alpha value is -2.29. The molecule has 0 bridgehead atoms. The zero-order valence-electron chi connectivity index (χ0n) is 11.9. The average Bonchev–Trinajstić information content (AvgIpc) is 2.39. The summed E-state index contributed by atoms with van der Waals surface area (Å²) in [5.41, 5.74) is 4.51. The summed E-state index contributed by atoms with van der Waals surface area (Å²) < 4.78 is 5.72. The molecule has 2 rings (SSSR count). The fraction of sp³-hybridized carbons (Fsp3) is 0.235. The summed E-state index contributed by atoms with van der Waals surface area (Å²) >= 11 is 0. The molecule has 2 aromatic carbocycles. The van der Waals surface area contributed by atoms with Gasteiger partial charge in [0.1, 0.15) is 17.9 Å². The van der Waals surface area contributed by atoms with Crippen LogP contribution < -0.4 is 4.74 Å². The van der Waals surface area contributed by atoms with E-state index in [4.69, 9.17) is 4.74 Å². The van der Waals surface area contributed by atoms with Crippen molar-refractivity contribution < 1.29 is 14.6 Å². The fourth-order valence-electron chi connectivity index (χ4n) is 2.16. The van der Waals surface area contributed by atoms with Crippen molar-refractivity contribution in [3.8, 4) is 5.75 Å². The van der Waals surface area contributed by atoms with Crippen LogP contribution in [0.4, 0.5) is 0 Å². The van der Waals surface area contributed by atoms with E-state index in [0.717, 1.165) is 22.3 Å². The SMILES string of the molecule is Cc1ccc(OCc2c(C)cccc2C)c(C(=O)O)c1. The van der Waals surface area contributed by atoms with E-state index >= 15 is 0 Å². The summed E-state index contributed by atoms with van der Waals surface area (Å²) in [4.78, 5) is 11.2. The van der Waals surface area contributed by atoms with Crippen LogP contribution in [0.1, 0.15) is 32.6 Å². The molecule has 0 aliphatic heterocycles. The lowest BCUT2D eigenvalue weighted by molar-refractivity contribution is 0.0691. The largest absolute Gasteiger partial charge is 0.488 e. The third-order valence-electron chi connectivity index (χ3n) is 3.38. The third-order valence-corrected chi connectivity index (χ3v) is 3.38. The van der Waals surface area contributed by atoms with E-state index < -0.39 is 5.97 Å². The van der Waals surface area contributed by atoms with Gasteiger partial charge in [0.25, 0.3) is 0 Å². The highest BCUT2D eigenvalue weighted by molar-refractivity contribution is 5.91. The Morgan fingerprint density at radius 3 is 2.35 bits per heavy atom. The molecule has 0 saturated heterocycles. The standard InChI is InChI=1S/C17H18O3/c1-11-7-8-16(14(9-11)17(18)19)20-10-15-12(2)5-4-6-13(15)3/h4-9H,10H2,1-3H3,(H,18,19). The van der Waals surface area contributed by atoms with Crippen molar-refractivity contribution >= 4 is 5.97 Å². The third kappa shape index (κ3) is 2.99. The number of benzene rings is 2. The van der Waals surface area contributed by atoms with Crippen LogP contribution in [0.2, 0.25) is 0 Å². The van der Waals surface area contributed by atoms with Gasteiger partial charge in [0, 0.05) is 0 Å². The van der Waals surface area contributed by atoms with Gasteiger partial charge in [0.05, 0.1) is 0 Å². The first-order chi connectivity index (χ1) is 9.49. The molecule has 0 saturated carbocycles. The van der Waals surface area contributed by atoms with Crippen molar-refractivity contribution in [3.05, 3.63) is 64.2 Å². The molecule has 0 radical (unpaired) electrons. The topological polar surface area (TPSA) is 46.5 Å². The summed E-state index contributed by atoms with van der Waals surface area (Å²) in [6.45, 7) is 6.29. The highest BCUT2D eigenvalue weighted by atomic mass is 16.5. The van der Waals surface area contributed by atoms with Crippen LogP contribution in [0, 0.1) is 20.8 Å². The second kappa shape index (κ2) is 5.78. The maximum atomic E-state index is 11.2. The second-order valence-corrected chi connectivity index (χ2v) is 4.96. The lowest BCUT2D eigenvalue weighted by atomic mass is 10.0. The summed E-state index contributed by atoms with van der Waals surface area (Å²) in [6.07, 6.45) is 0. The molecule has 0 aliphatic rings. The van der Waals surface area contributed by atoms with Gasteiger partial charge in [-0.1, -0.05) is 29.8 Å². The average molecular weight is 270 g/mol. The van der Waals surface area contributed by atoms with Crippen LogP contribution in [-0.4, -0.2) is 11.1 Å². The highest BCUT2D eigenvalue weighted by Gasteiger charge is 2.12. The van der Waals surface area contributed by atoms with E-state index in [1.807, 2.05) is 45.0 Å². The maximum Gasteiger partial charge on any atom is 0.339 e. The van der Waals surface area contributed by atoms with Crippen molar-refractivity contribution in [2.45, 2.75) is 27.4 Å². The van der Waals surface area contributed by atoms with Crippen molar-refractivity contribution in [2.24, 2.45) is 0 Å². The van der Waals surface area contributed by atoms with Crippen molar-refractivity contribution in [1.29, 1.82) is 0 Å². The number of carboxylic acids is 1. The molecule has 0 aromatic heterocycles. The summed E-state index contributed by atoms with van der Waals surface area (Å²) in [5.74, 6) is -0.559. The quantitative estimate of drug-likeness (QED) is 0.916. The summed E-state index contributed by atoms with van der Waals surface area (Å²) in [6, 6.07) is 11.3. The molecule has 0 amide bonds. The Morgan fingerprint density at radius 1 is 1.10 bits per heavy atom. The predicted molar refractivity (Wildman–Crippen MR) is 78.4 cm³/mol. The van der Waals surface area contributed by atoms with Gasteiger partial charge in [-0.2, -0.15) is 0 Å². The van der Waals surface area contributed by atoms with Crippen molar-refractivity contribution in [3.63, 3.8) is 0 Å². The zero-order chi connectivity index (χ0) is 14.7. The van der Waals surface area contributed by atoms with Crippen LogP contribution in [0.3, 0.4) is 0 Å². The first kappa shape index (κ1) is 14.1. The Morgan fingerprint density at radius 2 is 1.75 bits per heavy atom. The van der Waals surface area contributed by atoms with E-state index in [0.29, 0.717) is 12.4 Å². The molecule has 3 nitrogen and oxygen atoms in total. The minimum Gasteiger partial charge on any atom is -0.488 e. The lowest BCUT2D eigenvalue weighted by Crippen LogP contribution is -2.05. The molecule has 3 heteroatoms. The lowest BCUT2D eigenvalue weighted by Gasteiger charge is -2.13. The molecular weight excluding hydrogens is 252 g/mol. The molecule has 0 spiro atoms. The normalized spacial score (nSPS) is 10.3. The minimum absolute atomic E-state index is 0.205. The minimum atomic E-state index is -0.967. The van der Waals surface area contributed by atoms with Gasteiger partial charge >= 0.3 is 5.97 Å². The van der Waals surface area contributed by atoms with Crippen LogP contribution in [0.5, 0.6) is 5.75 Å². The van der Waals surface area contributed by atoms with Gasteiger partial charge in [0.2, 0.25) is 0 Å². The maximum absolute atomic E-state index is 11.2. The van der Waals surface area contributed by atoms with Crippen LogP contribution >= 0.6 is 0 Å². The number of carboxylic acid groups (broad SMARTS) is 1. The van der Waals surface area contributed by atoms with Gasteiger partial charge < -0.3 is 9.84 Å². The van der Waals surface area contributed by atoms with E-state index in [-0.39, 0.29) is 5.56 Å². The monoisotopic (exact) mass is 270 g/mol. The molecule has 0 atom stereocenters. The molecule has 0 fully saturated rings. The number of rotatable bonds is 4. The molecular formula is C17H18O3. The van der Waals surface area contributed by atoms with E-state index in [1.165, 1.54) is 0 Å². The Bertz CT molecular complexity index is 624. The van der Waals surface area contributed by atoms with Gasteiger partial charge in [-0.05, 0) is 49.6 Å². The van der Waals surface area contributed by atoms with E-state index in [9.17, 15) is 9.90 Å². The van der Waals surface area contributed by atoms with Crippen molar-refractivity contribution in [1.82, 2.24) is 0 Å². The van der Waals surface area contributed by atoms with Gasteiger partial charge in [-0.3, -0.25) is 0 Å². The van der Waals surface area contributed by atoms with E-state index in [2.05, 4.69) is 0 Å². The van der Waals surface area contributed by atoms with Gasteiger partial charge in [-0.25, -0.2) is 4.79 Å². The Labute approximate surface area is 118 Å². The number of carbonyl (C=O) groups is 1. The zero-order valence-corrected chi connectivity index (χ0v) is 11.9. The molecule has 0 aliphatic carbocycles. The van der Waals surface area contributed by atoms with Crippen LogP contribution in [-0.2, 0) is 6.61 Å². The number of aryl methyl sites for hydroxylation is 3. The van der Waals surface area contributed by atoms with Crippen molar-refractivity contribution in [2.75, 3.05) is 0 Å². The first-order valence-corrected chi connectivity index (χ1v) is 6.51. The van der Waals surface area contributed by atoms with Crippen LogP contribution in [0.25, 0.3) is 0 Å². The molecule has 1 N–H and O–H groups in total. The second-order valence-electron chi connectivity index (χ2n) is 4.96. The molecule has 20 heavy (non-hydrogen) atoms. The Kier molecular flexibility index (Phi) is 4.08. The molecule has 104 valence electrons. The number of aromatic carboxylic acids is 1. The molecule has 0 unspecified atom stereocenters. The molecule has 2 aromatic rings. The first-order valence-electron chi connectivity index (χ1n) is 6.51. The number of ether oxygens (including phenoxy) is 1. The highest BCUT2D eigenvalue weighted by Crippen LogP contribution is 2.23. The predicted octanol–water partition coefficient (Wildman–Crippen LogP) is 3.89. The number of hydrogen-bond donors (Lipinski definition) is 1. The summed E-state index contributed by atoms with van der Waals surface area (Å²) in [5, 5.41) is 9.22. The molecule has 0 heterocycles. The van der Waals surface area contributed by atoms with Gasteiger partial charge in [-0.15, -0.1) is 0 Å². The Balaban J connectivity index is 2.25. The fourth-order valence-corrected chi connectivity index (χ4v) is 2.16. The van der Waals surface area contributed by atoms with Crippen LogP contribution in [0.15, 0.2) is 36.4 Å². The van der Waals surface area contributed by atoms with E-state index in [1.54, 1.807) is 12.1 Å². The summed E-state index contributed by atoms with van der Waals surface area (Å²) in [7, 11) is 0. The smallest absolute Gasteiger partial charge is 0.339 e. The number of hydrogen-bond acceptors (Lipinski definition) is 2. The van der Waals surface area contributed by atoms with Gasteiger partial charge in [0.15, 0.2) is 0 Å².